The summed E-state index contributed by atoms with van der Waals surface area (Å²) in [6.45, 7) is 2.08. The number of benzene rings is 3. The number of aryl methyl sites for hydroxylation is 1. The second kappa shape index (κ2) is 11.7. The smallest absolute Gasteiger partial charge is 0.335 e. The third-order valence-corrected chi connectivity index (χ3v) is 7.63. The van der Waals surface area contributed by atoms with Crippen molar-refractivity contribution in [1.29, 1.82) is 0 Å². The maximum atomic E-state index is 13.9. The standard InChI is InChI=1S/C31H30ClF2NO3/c32-29-18-23(34)9-11-27(29)28-7-2-4-20-16-22(31(36)37)8-10-26(20)30(28)21-5-1-6-24(17-21)38-25-12-15-35(19-25)14-3-13-33/h1,5-6,8-11,16-18,25H,2-4,7,12-15,19H2,(H,36,37). The third-order valence-electron chi connectivity index (χ3n) is 7.32. The van der Waals surface area contributed by atoms with E-state index in [4.69, 9.17) is 16.3 Å². The van der Waals surface area contributed by atoms with Crippen LogP contribution >= 0.6 is 11.6 Å². The van der Waals surface area contributed by atoms with Gasteiger partial charge in [-0.1, -0.05) is 35.9 Å². The lowest BCUT2D eigenvalue weighted by atomic mass is 9.87. The predicted octanol–water partition coefficient (Wildman–Crippen LogP) is 7.29. The van der Waals surface area contributed by atoms with Gasteiger partial charge in [-0.15, -0.1) is 0 Å². The maximum Gasteiger partial charge on any atom is 0.335 e. The van der Waals surface area contributed by atoms with E-state index in [0.29, 0.717) is 17.9 Å². The minimum Gasteiger partial charge on any atom is -0.489 e. The van der Waals surface area contributed by atoms with Crippen LogP contribution in [0.3, 0.4) is 0 Å². The highest BCUT2D eigenvalue weighted by atomic mass is 35.5. The molecule has 3 aromatic carbocycles. The molecule has 1 atom stereocenters. The number of hydrogen-bond donors (Lipinski definition) is 1. The van der Waals surface area contributed by atoms with Crippen molar-refractivity contribution in [3.63, 3.8) is 0 Å². The number of alkyl halides is 1. The second-order valence-electron chi connectivity index (χ2n) is 9.91. The first-order valence-corrected chi connectivity index (χ1v) is 13.4. The molecule has 5 rings (SSSR count). The SMILES string of the molecule is O=C(O)c1ccc2c(c1)CCCC(c1ccc(F)cc1Cl)=C2c1cccc(OC2CCN(CCCF)C2)c1. The lowest BCUT2D eigenvalue weighted by molar-refractivity contribution is 0.0696. The van der Waals surface area contributed by atoms with Crippen LogP contribution in [-0.4, -0.2) is 48.4 Å². The Morgan fingerprint density at radius 1 is 1.08 bits per heavy atom. The van der Waals surface area contributed by atoms with Gasteiger partial charge in [0.2, 0.25) is 0 Å². The van der Waals surface area contributed by atoms with Crippen LogP contribution in [0.25, 0.3) is 11.1 Å². The summed E-state index contributed by atoms with van der Waals surface area (Å²) in [6.07, 6.45) is 3.68. The van der Waals surface area contributed by atoms with E-state index in [9.17, 15) is 18.7 Å². The summed E-state index contributed by atoms with van der Waals surface area (Å²) in [5.41, 5.74) is 5.79. The largest absolute Gasteiger partial charge is 0.489 e. The van der Waals surface area contributed by atoms with E-state index >= 15 is 0 Å². The Balaban J connectivity index is 1.57. The summed E-state index contributed by atoms with van der Waals surface area (Å²) >= 11 is 6.55. The number of carboxylic acid groups (broad SMARTS) is 1. The van der Waals surface area contributed by atoms with E-state index in [2.05, 4.69) is 4.90 Å². The fraction of sp³-hybridized carbons (Fsp3) is 0.323. The number of hydrogen-bond acceptors (Lipinski definition) is 3. The molecule has 1 N–H and O–H groups in total. The van der Waals surface area contributed by atoms with Crippen molar-refractivity contribution < 1.29 is 23.4 Å². The van der Waals surface area contributed by atoms with Gasteiger partial charge < -0.3 is 9.84 Å². The summed E-state index contributed by atoms with van der Waals surface area (Å²) in [5.74, 6) is -0.615. The molecule has 7 heteroatoms. The van der Waals surface area contributed by atoms with Gasteiger partial charge in [0.1, 0.15) is 17.7 Å². The number of halogens is 3. The molecule has 1 fully saturated rings. The van der Waals surface area contributed by atoms with E-state index in [-0.39, 0.29) is 18.3 Å². The van der Waals surface area contributed by atoms with Crippen molar-refractivity contribution in [2.45, 2.75) is 38.2 Å². The van der Waals surface area contributed by atoms with Crippen LogP contribution in [0.5, 0.6) is 5.75 Å². The van der Waals surface area contributed by atoms with E-state index < -0.39 is 11.8 Å². The molecule has 0 radical (unpaired) electrons. The van der Waals surface area contributed by atoms with Gasteiger partial charge in [0.15, 0.2) is 0 Å². The Kier molecular flexibility index (Phi) is 8.10. The summed E-state index contributed by atoms with van der Waals surface area (Å²) in [6, 6.07) is 17.6. The molecule has 2 aliphatic rings. The molecule has 0 bridgehead atoms. The molecule has 0 aromatic heterocycles. The summed E-state index contributed by atoms with van der Waals surface area (Å²) < 4.78 is 32.9. The van der Waals surface area contributed by atoms with Gasteiger partial charge in [0.25, 0.3) is 0 Å². The highest BCUT2D eigenvalue weighted by molar-refractivity contribution is 6.32. The molecule has 38 heavy (non-hydrogen) atoms. The van der Waals surface area contributed by atoms with Gasteiger partial charge in [-0.05, 0) is 102 Å². The molecule has 1 heterocycles. The van der Waals surface area contributed by atoms with Crippen molar-refractivity contribution >= 4 is 28.7 Å². The Bertz CT molecular complexity index is 1370. The quantitative estimate of drug-likeness (QED) is 0.328. The van der Waals surface area contributed by atoms with Crippen LogP contribution in [0.2, 0.25) is 5.02 Å². The van der Waals surface area contributed by atoms with Crippen LogP contribution < -0.4 is 4.74 Å². The van der Waals surface area contributed by atoms with Gasteiger partial charge in [-0.3, -0.25) is 9.29 Å². The average Bonchev–Trinajstić information content (AvgIpc) is 3.25. The highest BCUT2D eigenvalue weighted by Gasteiger charge is 2.25. The van der Waals surface area contributed by atoms with Crippen molar-refractivity contribution in [2.75, 3.05) is 26.3 Å². The Morgan fingerprint density at radius 3 is 2.71 bits per heavy atom. The molecule has 1 aliphatic heterocycles. The van der Waals surface area contributed by atoms with Gasteiger partial charge in [-0.25, -0.2) is 9.18 Å². The van der Waals surface area contributed by atoms with Crippen molar-refractivity contribution in [1.82, 2.24) is 4.90 Å². The molecule has 1 saturated heterocycles. The number of allylic oxidation sites excluding steroid dienone is 1. The molecule has 0 spiro atoms. The molecule has 0 amide bonds. The molecule has 0 saturated carbocycles. The number of carbonyl (C=O) groups is 1. The molecule has 1 aliphatic carbocycles. The van der Waals surface area contributed by atoms with Crippen LogP contribution in [0, 0.1) is 5.82 Å². The summed E-state index contributed by atoms with van der Waals surface area (Å²) in [7, 11) is 0. The van der Waals surface area contributed by atoms with E-state index in [0.717, 1.165) is 78.0 Å². The minimum atomic E-state index is -0.961. The normalized spacial score (nSPS) is 17.8. The van der Waals surface area contributed by atoms with Crippen LogP contribution in [-0.2, 0) is 6.42 Å². The van der Waals surface area contributed by atoms with Crippen LogP contribution in [0.1, 0.15) is 58.3 Å². The van der Waals surface area contributed by atoms with Gasteiger partial charge in [0, 0.05) is 19.6 Å². The van der Waals surface area contributed by atoms with Gasteiger partial charge in [-0.2, -0.15) is 0 Å². The fourth-order valence-corrected chi connectivity index (χ4v) is 5.83. The average molecular weight is 538 g/mol. The fourth-order valence-electron chi connectivity index (χ4n) is 5.55. The number of likely N-dealkylation sites (tertiary alicyclic amines) is 1. The molecular weight excluding hydrogens is 508 g/mol. The lowest BCUT2D eigenvalue weighted by Crippen LogP contribution is -2.26. The number of ether oxygens (including phenoxy) is 1. The van der Waals surface area contributed by atoms with E-state index in [1.54, 1.807) is 18.2 Å². The summed E-state index contributed by atoms with van der Waals surface area (Å²) in [4.78, 5) is 13.9. The zero-order valence-corrected chi connectivity index (χ0v) is 21.8. The molecule has 198 valence electrons. The number of fused-ring (bicyclic) bond motifs is 1. The van der Waals surface area contributed by atoms with Crippen molar-refractivity contribution in [3.05, 3.63) is 99.3 Å². The van der Waals surface area contributed by atoms with Gasteiger partial charge in [0.05, 0.1) is 17.3 Å². The zero-order valence-electron chi connectivity index (χ0n) is 21.1. The number of carboxylic acids is 1. The third kappa shape index (κ3) is 5.77. The van der Waals surface area contributed by atoms with Crippen LogP contribution in [0.15, 0.2) is 60.7 Å². The monoisotopic (exact) mass is 537 g/mol. The Hall–Kier alpha value is -3.22. The number of rotatable bonds is 8. The second-order valence-corrected chi connectivity index (χ2v) is 10.3. The molecular formula is C31H30ClF2NO3. The first-order valence-electron chi connectivity index (χ1n) is 13.0. The van der Waals surface area contributed by atoms with Gasteiger partial charge >= 0.3 is 5.97 Å². The van der Waals surface area contributed by atoms with E-state index in [1.165, 1.54) is 12.1 Å². The first-order chi connectivity index (χ1) is 18.4. The summed E-state index contributed by atoms with van der Waals surface area (Å²) in [5, 5.41) is 9.91. The lowest BCUT2D eigenvalue weighted by Gasteiger charge is -2.20. The minimum absolute atomic E-state index is 0.0319. The van der Waals surface area contributed by atoms with Crippen molar-refractivity contribution in [2.24, 2.45) is 0 Å². The van der Waals surface area contributed by atoms with E-state index in [1.807, 2.05) is 30.3 Å². The predicted molar refractivity (Wildman–Crippen MR) is 146 cm³/mol. The first kappa shape index (κ1) is 26.4. The zero-order chi connectivity index (χ0) is 26.6. The number of aromatic carboxylic acids is 1. The Morgan fingerprint density at radius 2 is 1.92 bits per heavy atom. The van der Waals surface area contributed by atoms with Crippen LogP contribution in [0.4, 0.5) is 8.78 Å². The highest BCUT2D eigenvalue weighted by Crippen LogP contribution is 2.42. The number of nitrogens with zero attached hydrogens (tertiary/aromatic N) is 1. The topological polar surface area (TPSA) is 49.8 Å². The van der Waals surface area contributed by atoms with Crippen molar-refractivity contribution in [3.8, 4) is 5.75 Å². The molecule has 3 aromatic rings. The Labute approximate surface area is 226 Å². The molecule has 1 unspecified atom stereocenters. The molecule has 4 nitrogen and oxygen atoms in total. The maximum absolute atomic E-state index is 13.9.